The SMILES string of the molecule is Cc1cc(C=Nc2cc(C(=O)O)ccc2Cl)c(C)n1-c1ccc(Br)cc1. The van der Waals surface area contributed by atoms with E-state index in [9.17, 15) is 4.79 Å². The number of rotatable bonds is 4. The van der Waals surface area contributed by atoms with Gasteiger partial charge in [0.25, 0.3) is 0 Å². The Morgan fingerprint density at radius 3 is 2.50 bits per heavy atom. The molecule has 0 aliphatic rings. The van der Waals surface area contributed by atoms with Crippen molar-refractivity contribution in [3.63, 3.8) is 0 Å². The average Bonchev–Trinajstić information content (AvgIpc) is 2.89. The predicted octanol–water partition coefficient (Wildman–Crippen LogP) is 5.96. The quantitative estimate of drug-likeness (QED) is 0.518. The lowest BCUT2D eigenvalue weighted by Gasteiger charge is -2.09. The van der Waals surface area contributed by atoms with Gasteiger partial charge in [-0.25, -0.2) is 4.79 Å². The molecule has 6 heteroatoms. The molecule has 0 fully saturated rings. The number of carboxylic acids is 1. The third-order valence-corrected chi connectivity index (χ3v) is 4.94. The number of nitrogens with zero attached hydrogens (tertiary/aromatic N) is 2. The second-order valence-electron chi connectivity index (χ2n) is 5.87. The first-order valence-corrected chi connectivity index (χ1v) is 9.05. The van der Waals surface area contributed by atoms with E-state index in [2.05, 4.69) is 25.5 Å². The first kappa shape index (κ1) is 18.4. The lowest BCUT2D eigenvalue weighted by atomic mass is 10.2. The molecule has 3 rings (SSSR count). The maximum atomic E-state index is 11.1. The fourth-order valence-corrected chi connectivity index (χ4v) is 3.22. The summed E-state index contributed by atoms with van der Waals surface area (Å²) in [6, 6.07) is 14.6. The Bertz CT molecular complexity index is 1010. The number of halogens is 2. The zero-order valence-corrected chi connectivity index (χ0v) is 16.5. The summed E-state index contributed by atoms with van der Waals surface area (Å²) in [6.07, 6.45) is 1.71. The van der Waals surface area contributed by atoms with Crippen molar-refractivity contribution in [2.75, 3.05) is 0 Å². The van der Waals surface area contributed by atoms with Crippen LogP contribution < -0.4 is 0 Å². The zero-order valence-electron chi connectivity index (χ0n) is 14.2. The lowest BCUT2D eigenvalue weighted by molar-refractivity contribution is 0.0697. The van der Waals surface area contributed by atoms with Crippen molar-refractivity contribution in [2.45, 2.75) is 13.8 Å². The van der Waals surface area contributed by atoms with Gasteiger partial charge in [0.2, 0.25) is 0 Å². The van der Waals surface area contributed by atoms with Crippen LogP contribution in [0.2, 0.25) is 5.02 Å². The maximum Gasteiger partial charge on any atom is 0.335 e. The largest absolute Gasteiger partial charge is 0.478 e. The maximum absolute atomic E-state index is 11.1. The summed E-state index contributed by atoms with van der Waals surface area (Å²) >= 11 is 9.59. The predicted molar refractivity (Wildman–Crippen MR) is 109 cm³/mol. The molecule has 132 valence electrons. The molecule has 0 amide bonds. The molecule has 3 aromatic rings. The van der Waals surface area contributed by atoms with Crippen molar-refractivity contribution in [1.82, 2.24) is 4.57 Å². The zero-order chi connectivity index (χ0) is 18.8. The standard InChI is InChI=1S/C20H16BrClN2O2/c1-12-9-15(13(2)24(12)17-6-4-16(21)5-7-17)11-23-19-10-14(20(25)26)3-8-18(19)22/h3-11H,1-2H3,(H,25,26). The van der Waals surface area contributed by atoms with E-state index in [0.29, 0.717) is 10.7 Å². The molecule has 4 nitrogen and oxygen atoms in total. The van der Waals surface area contributed by atoms with Gasteiger partial charge in [-0.05, 0) is 62.4 Å². The van der Waals surface area contributed by atoms with Gasteiger partial charge in [0.1, 0.15) is 0 Å². The van der Waals surface area contributed by atoms with Gasteiger partial charge in [-0.3, -0.25) is 4.99 Å². The van der Waals surface area contributed by atoms with Gasteiger partial charge in [-0.15, -0.1) is 0 Å². The molecule has 0 unspecified atom stereocenters. The van der Waals surface area contributed by atoms with E-state index in [1.165, 1.54) is 12.1 Å². The lowest BCUT2D eigenvalue weighted by Crippen LogP contribution is -1.99. The van der Waals surface area contributed by atoms with E-state index in [1.807, 2.05) is 44.2 Å². The average molecular weight is 432 g/mol. The van der Waals surface area contributed by atoms with Crippen LogP contribution >= 0.6 is 27.5 Å². The summed E-state index contributed by atoms with van der Waals surface area (Å²) in [6.45, 7) is 4.05. The molecular weight excluding hydrogens is 416 g/mol. The molecule has 0 aliphatic carbocycles. The van der Waals surface area contributed by atoms with E-state index < -0.39 is 5.97 Å². The molecule has 2 aromatic carbocycles. The topological polar surface area (TPSA) is 54.6 Å². The van der Waals surface area contributed by atoms with E-state index in [-0.39, 0.29) is 5.56 Å². The molecule has 0 saturated carbocycles. The van der Waals surface area contributed by atoms with Crippen molar-refractivity contribution < 1.29 is 9.90 Å². The summed E-state index contributed by atoms with van der Waals surface area (Å²) in [5, 5.41) is 9.52. The van der Waals surface area contributed by atoms with Crippen molar-refractivity contribution in [2.24, 2.45) is 4.99 Å². The number of aliphatic imine (C=N–C) groups is 1. The summed E-state index contributed by atoms with van der Waals surface area (Å²) < 4.78 is 3.17. The number of hydrogen-bond donors (Lipinski definition) is 1. The number of aryl methyl sites for hydroxylation is 1. The highest BCUT2D eigenvalue weighted by atomic mass is 79.9. The Balaban J connectivity index is 1.98. The minimum atomic E-state index is -1.01. The third kappa shape index (κ3) is 3.74. The van der Waals surface area contributed by atoms with Crippen LogP contribution in [0.3, 0.4) is 0 Å². The molecule has 26 heavy (non-hydrogen) atoms. The Morgan fingerprint density at radius 1 is 1.15 bits per heavy atom. The molecule has 1 N–H and O–H groups in total. The van der Waals surface area contributed by atoms with E-state index in [4.69, 9.17) is 16.7 Å². The van der Waals surface area contributed by atoms with Crippen LogP contribution in [0.4, 0.5) is 5.69 Å². The van der Waals surface area contributed by atoms with Crippen LogP contribution in [0.1, 0.15) is 27.3 Å². The van der Waals surface area contributed by atoms with Crippen LogP contribution in [0.25, 0.3) is 5.69 Å². The number of carboxylic acid groups (broad SMARTS) is 1. The van der Waals surface area contributed by atoms with E-state index in [0.717, 1.165) is 27.1 Å². The number of hydrogen-bond acceptors (Lipinski definition) is 2. The summed E-state index contributed by atoms with van der Waals surface area (Å²) in [5.41, 5.74) is 4.72. The third-order valence-electron chi connectivity index (χ3n) is 4.09. The van der Waals surface area contributed by atoms with Gasteiger partial charge < -0.3 is 9.67 Å². The highest BCUT2D eigenvalue weighted by Crippen LogP contribution is 2.27. The van der Waals surface area contributed by atoms with Crippen molar-refractivity contribution in [3.8, 4) is 5.69 Å². The minimum Gasteiger partial charge on any atom is -0.478 e. The number of carbonyl (C=O) groups is 1. The smallest absolute Gasteiger partial charge is 0.335 e. The minimum absolute atomic E-state index is 0.155. The van der Waals surface area contributed by atoms with Gasteiger partial charge >= 0.3 is 5.97 Å². The van der Waals surface area contributed by atoms with Crippen LogP contribution in [0.5, 0.6) is 0 Å². The summed E-state index contributed by atoms with van der Waals surface area (Å²) in [4.78, 5) is 15.5. The first-order chi connectivity index (χ1) is 12.4. The molecular formula is C20H16BrClN2O2. The van der Waals surface area contributed by atoms with Gasteiger partial charge in [0.15, 0.2) is 0 Å². The molecule has 0 bridgehead atoms. The number of aromatic nitrogens is 1. The molecule has 0 radical (unpaired) electrons. The van der Waals surface area contributed by atoms with Gasteiger partial charge in [0.05, 0.1) is 16.3 Å². The van der Waals surface area contributed by atoms with Gasteiger partial charge in [-0.2, -0.15) is 0 Å². The second kappa shape index (κ2) is 7.48. The molecule has 1 heterocycles. The van der Waals surface area contributed by atoms with Gasteiger partial charge in [0, 0.05) is 33.3 Å². The molecule has 0 saturated heterocycles. The van der Waals surface area contributed by atoms with Crippen LogP contribution in [0.15, 0.2) is 58.0 Å². The Morgan fingerprint density at radius 2 is 1.85 bits per heavy atom. The second-order valence-corrected chi connectivity index (χ2v) is 7.19. The monoisotopic (exact) mass is 430 g/mol. The van der Waals surface area contributed by atoms with Crippen LogP contribution in [0, 0.1) is 13.8 Å². The van der Waals surface area contributed by atoms with Crippen molar-refractivity contribution in [3.05, 3.63) is 80.5 Å². The molecule has 0 atom stereocenters. The summed E-state index contributed by atoms with van der Waals surface area (Å²) in [7, 11) is 0. The van der Waals surface area contributed by atoms with Crippen molar-refractivity contribution in [1.29, 1.82) is 0 Å². The summed E-state index contributed by atoms with van der Waals surface area (Å²) in [5.74, 6) is -1.01. The highest BCUT2D eigenvalue weighted by molar-refractivity contribution is 9.10. The Hall–Kier alpha value is -2.37. The first-order valence-electron chi connectivity index (χ1n) is 7.88. The normalized spacial score (nSPS) is 11.2. The molecule has 1 aromatic heterocycles. The number of benzene rings is 2. The molecule has 0 spiro atoms. The number of aromatic carboxylic acids is 1. The van der Waals surface area contributed by atoms with E-state index in [1.54, 1.807) is 12.3 Å². The fourth-order valence-electron chi connectivity index (χ4n) is 2.79. The van der Waals surface area contributed by atoms with Gasteiger partial charge in [-0.1, -0.05) is 27.5 Å². The van der Waals surface area contributed by atoms with Crippen molar-refractivity contribution >= 4 is 45.4 Å². The fraction of sp³-hybridized carbons (Fsp3) is 0.100. The van der Waals surface area contributed by atoms with Crippen LogP contribution in [-0.2, 0) is 0 Å². The molecule has 0 aliphatic heterocycles. The Labute approximate surface area is 164 Å². The van der Waals surface area contributed by atoms with Crippen LogP contribution in [-0.4, -0.2) is 21.9 Å². The van der Waals surface area contributed by atoms with E-state index >= 15 is 0 Å². The highest BCUT2D eigenvalue weighted by Gasteiger charge is 2.10. The Kier molecular flexibility index (Phi) is 5.30.